The van der Waals surface area contributed by atoms with Crippen LogP contribution in [0.15, 0.2) is 54.7 Å². The number of hydrogen-bond donors (Lipinski definition) is 0. The summed E-state index contributed by atoms with van der Waals surface area (Å²) in [7, 11) is -1.00. The van der Waals surface area contributed by atoms with Crippen molar-refractivity contribution < 1.29 is 48.0 Å². The van der Waals surface area contributed by atoms with Crippen LogP contribution in [0.5, 0.6) is 0 Å². The van der Waals surface area contributed by atoms with Gasteiger partial charge in [0.15, 0.2) is 0 Å². The fourth-order valence-electron chi connectivity index (χ4n) is 2.66. The SMILES string of the molecule is C=C(CC1=[C]([Zr+2][C]2=CC=CC2)CC=C1)C[Si](C)(C)C.[Cl-].[Cl-]. The Morgan fingerprint density at radius 1 is 1.19 bits per heavy atom. The first-order valence-electron chi connectivity index (χ1n) is 7.12. The molecule has 0 aliphatic heterocycles. The second kappa shape index (κ2) is 9.50. The monoisotopic (exact) mass is 416 g/mol. The van der Waals surface area contributed by atoms with Crippen LogP contribution in [0.25, 0.3) is 0 Å². The fourth-order valence-corrected chi connectivity index (χ4v) is 7.58. The minimum absolute atomic E-state index is 0. The van der Waals surface area contributed by atoms with Gasteiger partial charge in [0.05, 0.1) is 0 Å². The molecule has 0 fully saturated rings. The van der Waals surface area contributed by atoms with Crippen molar-refractivity contribution in [1.29, 1.82) is 0 Å². The van der Waals surface area contributed by atoms with Gasteiger partial charge in [0.1, 0.15) is 0 Å². The number of hydrogen-bond acceptors (Lipinski definition) is 0. The molecule has 0 bridgehead atoms. The Labute approximate surface area is 155 Å². The van der Waals surface area contributed by atoms with Gasteiger partial charge in [0.2, 0.25) is 0 Å². The minimum atomic E-state index is -1.00. The van der Waals surface area contributed by atoms with E-state index in [-0.39, 0.29) is 24.8 Å². The summed E-state index contributed by atoms with van der Waals surface area (Å²) in [4.78, 5) is 0. The van der Waals surface area contributed by atoms with E-state index in [0.717, 1.165) is 6.42 Å². The first-order chi connectivity index (χ1) is 8.94. The zero-order valence-electron chi connectivity index (χ0n) is 13.2. The molecule has 2 rings (SSSR count). The number of allylic oxidation sites excluding steroid dienone is 9. The van der Waals surface area contributed by atoms with Crippen LogP contribution in [0.3, 0.4) is 0 Å². The molecule has 114 valence electrons. The van der Waals surface area contributed by atoms with Crippen LogP contribution >= 0.6 is 0 Å². The van der Waals surface area contributed by atoms with Crippen molar-refractivity contribution in [2.75, 3.05) is 0 Å². The molecule has 0 aromatic rings. The van der Waals surface area contributed by atoms with Gasteiger partial charge < -0.3 is 24.8 Å². The quantitative estimate of drug-likeness (QED) is 0.400. The van der Waals surface area contributed by atoms with E-state index in [1.54, 1.807) is 12.1 Å². The average molecular weight is 419 g/mol. The van der Waals surface area contributed by atoms with E-state index in [1.807, 2.05) is 0 Å². The maximum absolute atomic E-state index is 4.33. The van der Waals surface area contributed by atoms with Crippen molar-refractivity contribution in [2.45, 2.75) is 44.9 Å². The van der Waals surface area contributed by atoms with Gasteiger partial charge in [0, 0.05) is 0 Å². The summed E-state index contributed by atoms with van der Waals surface area (Å²) >= 11 is -0.483. The topological polar surface area (TPSA) is 0 Å². The van der Waals surface area contributed by atoms with E-state index >= 15 is 0 Å². The summed E-state index contributed by atoms with van der Waals surface area (Å²) in [5.41, 5.74) is 3.07. The minimum Gasteiger partial charge on any atom is -1.00 e. The van der Waals surface area contributed by atoms with Crippen LogP contribution < -0.4 is 24.8 Å². The zero-order chi connectivity index (χ0) is 13.9. The normalized spacial score (nSPS) is 16.2. The molecular weight excluding hydrogens is 394 g/mol. The molecule has 0 N–H and O–H groups in total. The van der Waals surface area contributed by atoms with Gasteiger partial charge in [-0.3, -0.25) is 0 Å². The van der Waals surface area contributed by atoms with Crippen molar-refractivity contribution in [3.63, 3.8) is 0 Å². The Morgan fingerprint density at radius 3 is 2.48 bits per heavy atom. The van der Waals surface area contributed by atoms with Crippen LogP contribution in [0.2, 0.25) is 25.7 Å². The van der Waals surface area contributed by atoms with E-state index < -0.39 is 31.3 Å². The van der Waals surface area contributed by atoms with Gasteiger partial charge >= 0.3 is 131 Å². The van der Waals surface area contributed by atoms with Crippen molar-refractivity contribution in [3.8, 4) is 0 Å². The molecule has 0 heterocycles. The summed E-state index contributed by atoms with van der Waals surface area (Å²) in [6.07, 6.45) is 15.2. The molecular formula is C17H24Cl2SiZr. The van der Waals surface area contributed by atoms with Gasteiger partial charge in [0.25, 0.3) is 0 Å². The third-order valence-electron chi connectivity index (χ3n) is 3.33. The molecule has 2 aliphatic rings. The Kier molecular flexibility index (Phi) is 9.68. The Bertz CT molecular complexity index is 493. The third kappa shape index (κ3) is 7.46. The second-order valence-corrected chi connectivity index (χ2v) is 15.9. The van der Waals surface area contributed by atoms with E-state index in [4.69, 9.17) is 0 Å². The molecule has 0 spiro atoms. The maximum atomic E-state index is 4.33. The predicted molar refractivity (Wildman–Crippen MR) is 84.5 cm³/mol. The zero-order valence-corrected chi connectivity index (χ0v) is 18.1. The summed E-state index contributed by atoms with van der Waals surface area (Å²) < 4.78 is 3.52. The summed E-state index contributed by atoms with van der Waals surface area (Å²) in [6, 6.07) is 1.27. The van der Waals surface area contributed by atoms with Crippen molar-refractivity contribution >= 4 is 8.07 Å². The molecule has 0 amide bonds. The van der Waals surface area contributed by atoms with Crippen molar-refractivity contribution in [3.05, 3.63) is 54.7 Å². The maximum Gasteiger partial charge on any atom is -1.00 e. The average Bonchev–Trinajstić information content (AvgIpc) is 2.89. The van der Waals surface area contributed by atoms with Crippen LogP contribution in [-0.2, 0) is 23.2 Å². The number of rotatable bonds is 6. The molecule has 0 unspecified atom stereocenters. The van der Waals surface area contributed by atoms with E-state index in [0.29, 0.717) is 0 Å². The molecule has 0 nitrogen and oxygen atoms in total. The molecule has 0 aromatic carbocycles. The van der Waals surface area contributed by atoms with Crippen molar-refractivity contribution in [1.82, 2.24) is 0 Å². The largest absolute Gasteiger partial charge is 1.00 e. The summed E-state index contributed by atoms with van der Waals surface area (Å²) in [5, 5.41) is 0. The molecule has 0 aromatic heterocycles. The first-order valence-corrected chi connectivity index (χ1v) is 13.3. The van der Waals surface area contributed by atoms with Gasteiger partial charge in [-0.05, 0) is 0 Å². The van der Waals surface area contributed by atoms with Gasteiger partial charge in [-0.15, -0.1) is 0 Å². The van der Waals surface area contributed by atoms with Crippen LogP contribution in [0.1, 0.15) is 19.3 Å². The molecule has 2 aliphatic carbocycles. The number of halogens is 2. The van der Waals surface area contributed by atoms with Crippen LogP contribution in [0.4, 0.5) is 0 Å². The van der Waals surface area contributed by atoms with Gasteiger partial charge in [-0.1, -0.05) is 0 Å². The summed E-state index contributed by atoms with van der Waals surface area (Å²) in [5.74, 6) is 0. The molecule has 0 saturated carbocycles. The summed E-state index contributed by atoms with van der Waals surface area (Å²) in [6.45, 7) is 11.6. The van der Waals surface area contributed by atoms with Gasteiger partial charge in [-0.2, -0.15) is 0 Å². The molecule has 0 atom stereocenters. The van der Waals surface area contributed by atoms with Gasteiger partial charge in [-0.25, -0.2) is 0 Å². The molecule has 21 heavy (non-hydrogen) atoms. The third-order valence-corrected chi connectivity index (χ3v) is 8.63. The Balaban J connectivity index is 0.00000200. The first kappa shape index (κ1) is 21.4. The smallest absolute Gasteiger partial charge is 1.00 e. The van der Waals surface area contributed by atoms with E-state index in [2.05, 4.69) is 56.6 Å². The van der Waals surface area contributed by atoms with E-state index in [9.17, 15) is 0 Å². The standard InChI is InChI=1S/C12H19Si.C5H5.2ClH.Zr/c1-11(10-13(2,3)4)9-12-7-5-6-8-12;1-2-4-5-3-1;;;/h5,7H,1,6,9-10H2,2-4H3;1-3H,4H2;2*1H;/q;;;;+2/p-2. The molecule has 4 heteroatoms. The fraction of sp³-hybridized carbons (Fsp3) is 0.412. The Hall–Kier alpha value is 0.380. The molecule has 0 radical (unpaired) electrons. The second-order valence-electron chi connectivity index (χ2n) is 6.72. The van der Waals surface area contributed by atoms with Crippen LogP contribution in [0, 0.1) is 0 Å². The van der Waals surface area contributed by atoms with E-state index in [1.165, 1.54) is 24.5 Å². The molecule has 0 saturated heterocycles. The van der Waals surface area contributed by atoms with Crippen molar-refractivity contribution in [2.24, 2.45) is 0 Å². The Morgan fingerprint density at radius 2 is 1.90 bits per heavy atom. The predicted octanol–water partition coefficient (Wildman–Crippen LogP) is -0.581. The van der Waals surface area contributed by atoms with Crippen LogP contribution in [-0.4, -0.2) is 8.07 Å².